The Labute approximate surface area is 54.3 Å². The van der Waals surface area contributed by atoms with Crippen LogP contribution in [0.5, 0.6) is 0 Å². The summed E-state index contributed by atoms with van der Waals surface area (Å²) in [5, 5.41) is 2.58. The van der Waals surface area contributed by atoms with Crippen molar-refractivity contribution in [1.82, 2.24) is 5.32 Å². The van der Waals surface area contributed by atoms with Crippen LogP contribution < -0.4 is 5.32 Å². The maximum absolute atomic E-state index is 9.89. The number of carbonyl (C=O) groups excluding carboxylic acids is 1. The minimum Gasteiger partial charge on any atom is -0.329 e. The first-order valence-electron chi connectivity index (χ1n) is 3.00. The third-order valence-electron chi connectivity index (χ3n) is 1.22. The van der Waals surface area contributed by atoms with Gasteiger partial charge in [0.1, 0.15) is 0 Å². The minimum atomic E-state index is 0.696. The van der Waals surface area contributed by atoms with Crippen LogP contribution in [0.15, 0.2) is 23.9 Å². The van der Waals surface area contributed by atoms with Crippen molar-refractivity contribution in [2.75, 3.05) is 0 Å². The lowest BCUT2D eigenvalue weighted by atomic mass is 10.1. The molecule has 0 heterocycles. The van der Waals surface area contributed by atoms with Crippen LogP contribution in [-0.4, -0.2) is 6.41 Å². The Hall–Kier alpha value is -1.05. The van der Waals surface area contributed by atoms with Gasteiger partial charge in [0.15, 0.2) is 0 Å². The van der Waals surface area contributed by atoms with E-state index in [1.54, 1.807) is 0 Å². The van der Waals surface area contributed by atoms with Gasteiger partial charge in [0.2, 0.25) is 6.41 Å². The Bertz CT molecular complexity index is 158. The fraction of sp³-hybridized carbons (Fsp3) is 0.286. The van der Waals surface area contributed by atoms with E-state index in [9.17, 15) is 4.79 Å². The van der Waals surface area contributed by atoms with Crippen molar-refractivity contribution in [3.05, 3.63) is 23.9 Å². The highest BCUT2D eigenvalue weighted by atomic mass is 16.1. The van der Waals surface area contributed by atoms with Crippen molar-refractivity contribution in [2.24, 2.45) is 0 Å². The zero-order valence-corrected chi connectivity index (χ0v) is 5.13. The van der Waals surface area contributed by atoms with Crippen molar-refractivity contribution in [3.63, 3.8) is 0 Å². The summed E-state index contributed by atoms with van der Waals surface area (Å²) >= 11 is 0. The molecule has 1 aliphatic rings. The van der Waals surface area contributed by atoms with E-state index in [4.69, 9.17) is 0 Å². The fourth-order valence-electron chi connectivity index (χ4n) is 0.788. The van der Waals surface area contributed by atoms with Gasteiger partial charge in [-0.25, -0.2) is 0 Å². The second-order valence-corrected chi connectivity index (χ2v) is 1.90. The molecule has 0 unspecified atom stereocenters. The Balaban J connectivity index is 2.47. The maximum atomic E-state index is 9.89. The number of nitrogens with one attached hydrogen (secondary N) is 1. The zero-order chi connectivity index (χ0) is 6.53. The monoisotopic (exact) mass is 123 g/mol. The summed E-state index contributed by atoms with van der Waals surface area (Å²) in [5.74, 6) is 0. The quantitative estimate of drug-likeness (QED) is 0.544. The average molecular weight is 123 g/mol. The molecule has 1 amide bonds. The number of allylic oxidation sites excluding steroid dienone is 3. The Morgan fingerprint density at radius 2 is 2.44 bits per heavy atom. The van der Waals surface area contributed by atoms with E-state index < -0.39 is 0 Å². The van der Waals surface area contributed by atoms with E-state index in [-0.39, 0.29) is 0 Å². The van der Waals surface area contributed by atoms with Gasteiger partial charge in [-0.15, -0.1) is 0 Å². The van der Waals surface area contributed by atoms with Gasteiger partial charge in [-0.1, -0.05) is 12.2 Å². The largest absolute Gasteiger partial charge is 0.329 e. The number of hydrogen-bond acceptors (Lipinski definition) is 1. The van der Waals surface area contributed by atoms with E-state index >= 15 is 0 Å². The topological polar surface area (TPSA) is 29.1 Å². The molecular formula is C7H9NO. The molecule has 1 rings (SSSR count). The summed E-state index contributed by atoms with van der Waals surface area (Å²) in [4.78, 5) is 9.89. The molecule has 48 valence electrons. The van der Waals surface area contributed by atoms with E-state index in [0.717, 1.165) is 18.5 Å². The molecule has 2 heteroatoms. The first kappa shape index (κ1) is 6.08. The van der Waals surface area contributed by atoms with Gasteiger partial charge in [-0.2, -0.15) is 0 Å². The summed E-state index contributed by atoms with van der Waals surface area (Å²) < 4.78 is 0. The Kier molecular flexibility index (Phi) is 2.07. The molecule has 0 spiro atoms. The minimum absolute atomic E-state index is 0.696. The highest BCUT2D eigenvalue weighted by molar-refractivity contribution is 5.52. The van der Waals surface area contributed by atoms with Gasteiger partial charge in [-0.05, 0) is 18.9 Å². The molecule has 0 aliphatic heterocycles. The van der Waals surface area contributed by atoms with Crippen LogP contribution >= 0.6 is 0 Å². The van der Waals surface area contributed by atoms with Crippen LogP contribution in [0.25, 0.3) is 0 Å². The van der Waals surface area contributed by atoms with Crippen molar-refractivity contribution >= 4 is 6.41 Å². The van der Waals surface area contributed by atoms with Crippen LogP contribution in [0.2, 0.25) is 0 Å². The molecule has 0 fully saturated rings. The summed E-state index contributed by atoms with van der Waals surface area (Å²) in [7, 11) is 0. The third kappa shape index (κ3) is 1.72. The molecule has 2 nitrogen and oxygen atoms in total. The molecule has 1 aliphatic carbocycles. The molecule has 0 aromatic rings. The molecule has 0 saturated carbocycles. The maximum Gasteiger partial charge on any atom is 0.211 e. The molecule has 0 radical (unpaired) electrons. The zero-order valence-electron chi connectivity index (χ0n) is 5.13. The average Bonchev–Trinajstić information content (AvgIpc) is 1.91. The number of amides is 1. The van der Waals surface area contributed by atoms with Gasteiger partial charge in [0, 0.05) is 5.70 Å². The normalized spacial score (nSPS) is 16.7. The highest BCUT2D eigenvalue weighted by Crippen LogP contribution is 2.05. The van der Waals surface area contributed by atoms with Gasteiger partial charge >= 0.3 is 0 Å². The predicted octanol–water partition coefficient (Wildman–Crippen LogP) is 0.966. The molecule has 0 aromatic carbocycles. The number of carbonyl (C=O) groups is 1. The lowest BCUT2D eigenvalue weighted by Gasteiger charge is -2.02. The first-order chi connectivity index (χ1) is 4.43. The Morgan fingerprint density at radius 3 is 3.00 bits per heavy atom. The van der Waals surface area contributed by atoms with E-state index in [1.165, 1.54) is 0 Å². The SMILES string of the molecule is O=CNC1=CCCC=C1. The lowest BCUT2D eigenvalue weighted by Crippen LogP contribution is -2.08. The van der Waals surface area contributed by atoms with Crippen molar-refractivity contribution in [3.8, 4) is 0 Å². The Morgan fingerprint density at radius 1 is 1.56 bits per heavy atom. The van der Waals surface area contributed by atoms with Crippen LogP contribution in [-0.2, 0) is 4.79 Å². The molecule has 1 N–H and O–H groups in total. The standard InChI is InChI=1S/C7H9NO/c9-6-8-7-4-2-1-3-5-7/h2,4-6H,1,3H2,(H,8,9). The van der Waals surface area contributed by atoms with Gasteiger partial charge in [-0.3, -0.25) is 4.79 Å². The van der Waals surface area contributed by atoms with E-state index in [0.29, 0.717) is 6.41 Å². The lowest BCUT2D eigenvalue weighted by molar-refractivity contribution is -0.108. The summed E-state index contributed by atoms with van der Waals surface area (Å²) in [6, 6.07) is 0. The molecule has 0 atom stereocenters. The summed E-state index contributed by atoms with van der Waals surface area (Å²) in [6.45, 7) is 0. The molecular weight excluding hydrogens is 114 g/mol. The highest BCUT2D eigenvalue weighted by Gasteiger charge is 1.92. The van der Waals surface area contributed by atoms with Crippen molar-refractivity contribution in [2.45, 2.75) is 12.8 Å². The number of rotatable bonds is 2. The fourth-order valence-corrected chi connectivity index (χ4v) is 0.788. The molecule has 0 saturated heterocycles. The van der Waals surface area contributed by atoms with Gasteiger partial charge < -0.3 is 5.32 Å². The second-order valence-electron chi connectivity index (χ2n) is 1.90. The van der Waals surface area contributed by atoms with Crippen LogP contribution in [0.3, 0.4) is 0 Å². The third-order valence-corrected chi connectivity index (χ3v) is 1.22. The van der Waals surface area contributed by atoms with Crippen LogP contribution in [0.4, 0.5) is 0 Å². The van der Waals surface area contributed by atoms with Crippen molar-refractivity contribution < 1.29 is 4.79 Å². The smallest absolute Gasteiger partial charge is 0.211 e. The summed E-state index contributed by atoms with van der Waals surface area (Å²) in [5.41, 5.74) is 0.913. The van der Waals surface area contributed by atoms with Crippen molar-refractivity contribution in [1.29, 1.82) is 0 Å². The van der Waals surface area contributed by atoms with Gasteiger partial charge in [0.25, 0.3) is 0 Å². The van der Waals surface area contributed by atoms with Gasteiger partial charge in [0.05, 0.1) is 0 Å². The number of hydrogen-bond donors (Lipinski definition) is 1. The molecule has 0 aromatic heterocycles. The first-order valence-corrected chi connectivity index (χ1v) is 3.00. The summed E-state index contributed by atoms with van der Waals surface area (Å²) in [6.07, 6.45) is 8.79. The van der Waals surface area contributed by atoms with Crippen LogP contribution in [0.1, 0.15) is 12.8 Å². The molecule has 9 heavy (non-hydrogen) atoms. The van der Waals surface area contributed by atoms with E-state index in [1.807, 2.05) is 18.2 Å². The van der Waals surface area contributed by atoms with Crippen LogP contribution in [0, 0.1) is 0 Å². The van der Waals surface area contributed by atoms with E-state index in [2.05, 4.69) is 5.32 Å². The second kappa shape index (κ2) is 3.07. The molecule has 0 bridgehead atoms. The predicted molar refractivity (Wildman–Crippen MR) is 35.7 cm³/mol.